The Balaban J connectivity index is 1.69. The molecule has 4 aromatic rings. The maximum atomic E-state index is 13.9. The van der Waals surface area contributed by atoms with E-state index in [0.29, 0.717) is 17.7 Å². The number of nitrogens with zero attached hydrogens (tertiary/aromatic N) is 2. The standard InChI is InChI=1S/C21H14FN3/c22-19-7-2-1-5-16(19)13-15-8-10-20-18(14-15)21(25-24-20)11-9-17-6-3-4-12-23-17/h1-8,10,12,14H,13H2,(H,24,25). The van der Waals surface area contributed by atoms with E-state index in [9.17, 15) is 4.39 Å². The quantitative estimate of drug-likeness (QED) is 0.564. The lowest BCUT2D eigenvalue weighted by atomic mass is 10.0. The van der Waals surface area contributed by atoms with Crippen molar-refractivity contribution in [3.8, 4) is 11.8 Å². The zero-order valence-electron chi connectivity index (χ0n) is 13.3. The van der Waals surface area contributed by atoms with E-state index < -0.39 is 0 Å². The third-order valence-corrected chi connectivity index (χ3v) is 3.95. The average molecular weight is 327 g/mol. The summed E-state index contributed by atoms with van der Waals surface area (Å²) in [7, 11) is 0. The van der Waals surface area contributed by atoms with Crippen LogP contribution in [0.4, 0.5) is 4.39 Å². The molecule has 0 amide bonds. The van der Waals surface area contributed by atoms with Crippen LogP contribution in [0.5, 0.6) is 0 Å². The monoisotopic (exact) mass is 327 g/mol. The van der Waals surface area contributed by atoms with Crippen LogP contribution >= 0.6 is 0 Å². The van der Waals surface area contributed by atoms with Crippen molar-refractivity contribution in [3.63, 3.8) is 0 Å². The predicted molar refractivity (Wildman–Crippen MR) is 95.5 cm³/mol. The number of aromatic amines is 1. The topological polar surface area (TPSA) is 41.6 Å². The van der Waals surface area contributed by atoms with Gasteiger partial charge in [0.1, 0.15) is 17.2 Å². The summed E-state index contributed by atoms with van der Waals surface area (Å²) in [6.07, 6.45) is 2.24. The van der Waals surface area contributed by atoms with E-state index in [2.05, 4.69) is 27.0 Å². The van der Waals surface area contributed by atoms with Crippen molar-refractivity contribution in [1.29, 1.82) is 0 Å². The minimum absolute atomic E-state index is 0.190. The lowest BCUT2D eigenvalue weighted by Gasteiger charge is -2.03. The molecule has 25 heavy (non-hydrogen) atoms. The molecule has 0 spiro atoms. The molecule has 0 unspecified atom stereocenters. The second-order valence-electron chi connectivity index (χ2n) is 5.68. The van der Waals surface area contributed by atoms with Crippen molar-refractivity contribution in [2.24, 2.45) is 0 Å². The van der Waals surface area contributed by atoms with Gasteiger partial charge in [-0.2, -0.15) is 5.10 Å². The number of halogens is 1. The number of H-pyrrole nitrogens is 1. The molecule has 120 valence electrons. The normalized spacial score (nSPS) is 10.4. The highest BCUT2D eigenvalue weighted by Crippen LogP contribution is 2.20. The van der Waals surface area contributed by atoms with Crippen LogP contribution in [0.1, 0.15) is 22.5 Å². The van der Waals surface area contributed by atoms with Crippen molar-refractivity contribution < 1.29 is 4.39 Å². The van der Waals surface area contributed by atoms with Crippen molar-refractivity contribution >= 4 is 10.9 Å². The van der Waals surface area contributed by atoms with Crippen LogP contribution in [0.25, 0.3) is 10.9 Å². The molecule has 0 saturated carbocycles. The van der Waals surface area contributed by atoms with E-state index in [4.69, 9.17) is 0 Å². The van der Waals surface area contributed by atoms with Crippen molar-refractivity contribution in [1.82, 2.24) is 15.2 Å². The summed E-state index contributed by atoms with van der Waals surface area (Å²) in [5, 5.41) is 8.16. The molecular weight excluding hydrogens is 313 g/mol. The summed E-state index contributed by atoms with van der Waals surface area (Å²) in [5.74, 6) is 5.92. The SMILES string of the molecule is Fc1ccccc1Cc1ccc2n[nH]c(C#Cc3ccccn3)c2c1. The molecule has 0 aliphatic rings. The number of rotatable bonds is 2. The molecule has 0 aliphatic heterocycles. The zero-order valence-corrected chi connectivity index (χ0v) is 13.3. The van der Waals surface area contributed by atoms with E-state index in [1.54, 1.807) is 18.3 Å². The molecule has 0 saturated heterocycles. The maximum absolute atomic E-state index is 13.9. The average Bonchev–Trinajstić information content (AvgIpc) is 3.05. The minimum atomic E-state index is -0.190. The van der Waals surface area contributed by atoms with Crippen LogP contribution in [-0.2, 0) is 6.42 Å². The van der Waals surface area contributed by atoms with Gasteiger partial charge in [-0.3, -0.25) is 5.10 Å². The second kappa shape index (κ2) is 6.58. The van der Waals surface area contributed by atoms with Crippen LogP contribution in [0.2, 0.25) is 0 Å². The summed E-state index contributed by atoms with van der Waals surface area (Å²) in [6.45, 7) is 0. The molecule has 4 heteroatoms. The summed E-state index contributed by atoms with van der Waals surface area (Å²) >= 11 is 0. The van der Waals surface area contributed by atoms with Crippen molar-refractivity contribution in [3.05, 3.63) is 95.2 Å². The number of benzene rings is 2. The van der Waals surface area contributed by atoms with Gasteiger partial charge in [0.05, 0.1) is 5.52 Å². The van der Waals surface area contributed by atoms with E-state index in [-0.39, 0.29) is 5.82 Å². The fourth-order valence-corrected chi connectivity index (χ4v) is 2.69. The zero-order chi connectivity index (χ0) is 17.1. The summed E-state index contributed by atoms with van der Waals surface area (Å²) in [5.41, 5.74) is 3.96. The third-order valence-electron chi connectivity index (χ3n) is 3.95. The molecule has 3 nitrogen and oxygen atoms in total. The highest BCUT2D eigenvalue weighted by molar-refractivity contribution is 5.84. The van der Waals surface area contributed by atoms with Crippen LogP contribution in [0.15, 0.2) is 66.9 Å². The summed E-state index contributed by atoms with van der Waals surface area (Å²) < 4.78 is 13.9. The van der Waals surface area contributed by atoms with Crippen LogP contribution < -0.4 is 0 Å². The largest absolute Gasteiger partial charge is 0.269 e. The third kappa shape index (κ3) is 3.26. The first-order chi connectivity index (χ1) is 12.3. The fourth-order valence-electron chi connectivity index (χ4n) is 2.69. The molecule has 1 N–H and O–H groups in total. The highest BCUT2D eigenvalue weighted by atomic mass is 19.1. The second-order valence-corrected chi connectivity index (χ2v) is 5.68. The van der Waals surface area contributed by atoms with E-state index in [1.807, 2.05) is 42.5 Å². The first-order valence-electron chi connectivity index (χ1n) is 7.93. The lowest BCUT2D eigenvalue weighted by molar-refractivity contribution is 0.614. The molecule has 0 fully saturated rings. The number of nitrogens with one attached hydrogen (secondary N) is 1. The molecule has 2 aromatic heterocycles. The molecule has 0 radical (unpaired) electrons. The number of pyridine rings is 1. The van der Waals surface area contributed by atoms with E-state index >= 15 is 0 Å². The van der Waals surface area contributed by atoms with Gasteiger partial charge >= 0.3 is 0 Å². The van der Waals surface area contributed by atoms with Crippen molar-refractivity contribution in [2.75, 3.05) is 0 Å². The first kappa shape index (κ1) is 15.1. The lowest BCUT2D eigenvalue weighted by Crippen LogP contribution is -1.92. The summed E-state index contributed by atoms with van der Waals surface area (Å²) in [6, 6.07) is 18.3. The number of fused-ring (bicyclic) bond motifs is 1. The van der Waals surface area contributed by atoms with Gasteiger partial charge in [-0.05, 0) is 53.3 Å². The van der Waals surface area contributed by atoms with Gasteiger partial charge in [0.25, 0.3) is 0 Å². The summed E-state index contributed by atoms with van der Waals surface area (Å²) in [4.78, 5) is 4.19. The molecule has 4 rings (SSSR count). The predicted octanol–water partition coefficient (Wildman–Crippen LogP) is 4.09. The molecule has 0 bridgehead atoms. The Morgan fingerprint density at radius 1 is 0.960 bits per heavy atom. The van der Waals surface area contributed by atoms with Crippen LogP contribution in [-0.4, -0.2) is 15.2 Å². The molecular formula is C21H14FN3. The Morgan fingerprint density at radius 2 is 1.84 bits per heavy atom. The highest BCUT2D eigenvalue weighted by Gasteiger charge is 2.07. The molecule has 2 heterocycles. The van der Waals surface area contributed by atoms with Gasteiger partial charge in [0.2, 0.25) is 0 Å². The van der Waals surface area contributed by atoms with Gasteiger partial charge in [-0.25, -0.2) is 9.37 Å². The van der Waals surface area contributed by atoms with Crippen molar-refractivity contribution in [2.45, 2.75) is 6.42 Å². The minimum Gasteiger partial charge on any atom is -0.269 e. The fraction of sp³-hybridized carbons (Fsp3) is 0.0476. The van der Waals surface area contributed by atoms with E-state index in [1.165, 1.54) is 6.07 Å². The van der Waals surface area contributed by atoms with E-state index in [0.717, 1.165) is 22.2 Å². The Bertz CT molecular complexity index is 1090. The smallest absolute Gasteiger partial charge is 0.126 e. The van der Waals surface area contributed by atoms with Gasteiger partial charge in [-0.1, -0.05) is 30.3 Å². The molecule has 2 aromatic carbocycles. The molecule has 0 aliphatic carbocycles. The Labute approximate surface area is 144 Å². The Hall–Kier alpha value is -3.45. The first-order valence-corrected chi connectivity index (χ1v) is 7.93. The maximum Gasteiger partial charge on any atom is 0.126 e. The van der Waals surface area contributed by atoms with Gasteiger partial charge in [0.15, 0.2) is 0 Å². The molecule has 0 atom stereocenters. The van der Waals surface area contributed by atoms with Gasteiger partial charge < -0.3 is 0 Å². The van der Waals surface area contributed by atoms with Crippen LogP contribution in [0, 0.1) is 17.7 Å². The van der Waals surface area contributed by atoms with Gasteiger partial charge in [0, 0.05) is 18.0 Å². The number of hydrogen-bond acceptors (Lipinski definition) is 2. The number of aromatic nitrogens is 3. The number of hydrogen-bond donors (Lipinski definition) is 1. The Kier molecular flexibility index (Phi) is 3.97. The Morgan fingerprint density at radius 3 is 2.68 bits per heavy atom. The van der Waals surface area contributed by atoms with Crippen LogP contribution in [0.3, 0.4) is 0 Å². The van der Waals surface area contributed by atoms with Gasteiger partial charge in [-0.15, -0.1) is 0 Å².